The van der Waals surface area contributed by atoms with Gasteiger partial charge in [-0.1, -0.05) is 54.5 Å². The fourth-order valence-electron chi connectivity index (χ4n) is 6.37. The number of ether oxygens (including phenoxy) is 2. The Labute approximate surface area is 293 Å². The molecule has 3 heterocycles. The Bertz CT molecular complexity index is 1760. The summed E-state index contributed by atoms with van der Waals surface area (Å²) in [5, 5.41) is 5.98. The van der Waals surface area contributed by atoms with Crippen LogP contribution in [0.4, 0.5) is 9.18 Å². The number of halogens is 1. The maximum atomic E-state index is 14.3. The fourth-order valence-corrected chi connectivity index (χ4v) is 7.28. The van der Waals surface area contributed by atoms with Crippen LogP contribution in [-0.2, 0) is 19.1 Å². The van der Waals surface area contributed by atoms with E-state index >= 15 is 0 Å². The number of rotatable bonds is 6. The van der Waals surface area contributed by atoms with Crippen molar-refractivity contribution in [2.24, 2.45) is 5.92 Å². The highest BCUT2D eigenvalue weighted by Gasteiger charge is 2.61. The number of alkyl carbamates (subject to hydrolysis) is 1. The molecule has 2 fully saturated rings. The Balaban J connectivity index is 1.27. The molecule has 5 atom stereocenters. The molecule has 1 aliphatic carbocycles. The van der Waals surface area contributed by atoms with Gasteiger partial charge in [-0.25, -0.2) is 14.2 Å². The van der Waals surface area contributed by atoms with Crippen LogP contribution >= 0.6 is 11.3 Å². The fraction of sp³-hybridized carbons (Fsp3) is 0.472. The second-order valence-electron chi connectivity index (χ2n) is 14.0. The molecule has 3 aliphatic rings. The highest BCUT2D eigenvalue weighted by atomic mass is 32.1. The van der Waals surface area contributed by atoms with E-state index in [2.05, 4.69) is 21.1 Å². The summed E-state index contributed by atoms with van der Waals surface area (Å²) in [5.74, 6) is -1.75. The Kier molecular flexibility index (Phi) is 10.3. The number of para-hydroxylation sites is 1. The molecule has 14 heteroatoms. The van der Waals surface area contributed by atoms with Crippen LogP contribution < -0.4 is 25.7 Å². The van der Waals surface area contributed by atoms with Crippen LogP contribution in [0.2, 0.25) is 0 Å². The van der Waals surface area contributed by atoms with Crippen molar-refractivity contribution in [1.29, 1.82) is 0 Å². The van der Waals surface area contributed by atoms with E-state index in [0.29, 0.717) is 35.2 Å². The zero-order chi connectivity index (χ0) is 35.5. The van der Waals surface area contributed by atoms with Gasteiger partial charge in [-0.15, -0.1) is 0 Å². The van der Waals surface area contributed by atoms with Crippen LogP contribution in [0.25, 0.3) is 10.2 Å². The van der Waals surface area contributed by atoms with E-state index in [4.69, 9.17) is 14.3 Å². The van der Waals surface area contributed by atoms with Gasteiger partial charge in [-0.2, -0.15) is 5.48 Å². The van der Waals surface area contributed by atoms with Gasteiger partial charge in [-0.3, -0.25) is 14.4 Å². The summed E-state index contributed by atoms with van der Waals surface area (Å²) in [5.41, 5.74) is 0.991. The van der Waals surface area contributed by atoms with Gasteiger partial charge in [0.05, 0.1) is 16.8 Å². The van der Waals surface area contributed by atoms with Crippen molar-refractivity contribution in [3.63, 3.8) is 0 Å². The van der Waals surface area contributed by atoms with Crippen molar-refractivity contribution in [3.8, 4) is 10.9 Å². The predicted molar refractivity (Wildman–Crippen MR) is 184 cm³/mol. The lowest BCUT2D eigenvalue weighted by Crippen LogP contribution is -2.58. The Morgan fingerprint density at radius 3 is 2.68 bits per heavy atom. The zero-order valence-corrected chi connectivity index (χ0v) is 29.1. The van der Waals surface area contributed by atoms with E-state index in [9.17, 15) is 23.6 Å². The average molecular weight is 708 g/mol. The molecule has 3 N–H and O–H groups in total. The number of nitrogens with one attached hydrogen (secondary N) is 3. The molecular weight excluding hydrogens is 665 g/mol. The van der Waals surface area contributed by atoms with E-state index in [1.165, 1.54) is 17.0 Å². The smallest absolute Gasteiger partial charge is 0.408 e. The number of amides is 4. The van der Waals surface area contributed by atoms with E-state index in [-0.39, 0.29) is 24.1 Å². The maximum absolute atomic E-state index is 14.3. The van der Waals surface area contributed by atoms with Gasteiger partial charge in [0, 0.05) is 12.3 Å². The van der Waals surface area contributed by atoms with Gasteiger partial charge in [0.2, 0.25) is 11.8 Å². The van der Waals surface area contributed by atoms with Crippen molar-refractivity contribution >= 4 is 45.4 Å². The largest absolute Gasteiger partial charge is 0.465 e. The van der Waals surface area contributed by atoms with Crippen molar-refractivity contribution < 1.29 is 37.9 Å². The van der Waals surface area contributed by atoms with E-state index in [0.717, 1.165) is 30.6 Å². The number of nitrogens with zero attached hydrogens (tertiary/aromatic N) is 2. The molecule has 2 aromatic carbocycles. The third kappa shape index (κ3) is 8.35. The number of thiazole rings is 1. The van der Waals surface area contributed by atoms with Gasteiger partial charge in [0.25, 0.3) is 11.1 Å². The standard InChI is InChI=1S/C36H42FN5O7S/c1-35(2,3)48-33(46)38-27-15-11-6-4-5-8-12-22-20-36(22,32(45)41-49-24-13-9-7-10-14-24)40-30(43)28-19-25(21-42(28)31(27)44)47-34-39-26-17-16-23(37)18-29(26)50-34/h7-10,12-14,16-18,22,25,27-28H,4-6,11,15,19-21H2,1-3H3,(H,38,46)(H,40,43)(H,41,45)/b12-8-/t22-,25-,27+,28+,36-/m1/s1. The summed E-state index contributed by atoms with van der Waals surface area (Å²) in [4.78, 5) is 66.5. The number of hydrogen-bond donors (Lipinski definition) is 3. The molecule has 0 unspecified atom stereocenters. The lowest BCUT2D eigenvalue weighted by atomic mass is 10.0. The van der Waals surface area contributed by atoms with Crippen LogP contribution in [0, 0.1) is 11.7 Å². The summed E-state index contributed by atoms with van der Waals surface area (Å²) in [7, 11) is 0. The number of carbonyl (C=O) groups excluding carboxylic acids is 4. The maximum Gasteiger partial charge on any atom is 0.408 e. The lowest BCUT2D eigenvalue weighted by Gasteiger charge is -2.30. The quantitative estimate of drug-likeness (QED) is 0.235. The molecule has 12 nitrogen and oxygen atoms in total. The molecule has 4 amide bonds. The van der Waals surface area contributed by atoms with Crippen molar-refractivity contribution in [2.75, 3.05) is 6.54 Å². The van der Waals surface area contributed by atoms with Gasteiger partial charge in [-0.05, 0) is 76.8 Å². The SMILES string of the molecule is CC(C)(C)OC(=O)N[C@H]1CCCCC/C=C\[C@@H]2C[C@@]2(C(=O)NOc2ccccc2)NC(=O)[C@@H]2C[C@@H](Oc3nc4ccc(F)cc4s3)CN2C1=O. The third-order valence-electron chi connectivity index (χ3n) is 8.94. The zero-order valence-electron chi connectivity index (χ0n) is 28.3. The minimum Gasteiger partial charge on any atom is -0.465 e. The third-order valence-corrected chi connectivity index (χ3v) is 9.85. The highest BCUT2D eigenvalue weighted by molar-refractivity contribution is 7.20. The first kappa shape index (κ1) is 35.1. The topological polar surface area (TPSA) is 148 Å². The van der Waals surface area contributed by atoms with Crippen LogP contribution in [-0.4, -0.2) is 69.6 Å². The van der Waals surface area contributed by atoms with Crippen LogP contribution in [0.5, 0.6) is 10.9 Å². The summed E-state index contributed by atoms with van der Waals surface area (Å²) in [6.45, 7) is 5.23. The minimum absolute atomic E-state index is 0.0212. The number of hydrogen-bond acceptors (Lipinski definition) is 9. The van der Waals surface area contributed by atoms with Gasteiger partial charge in [0.1, 0.15) is 35.1 Å². The molecule has 0 spiro atoms. The molecule has 3 aromatic rings. The van der Waals surface area contributed by atoms with Gasteiger partial charge < -0.3 is 29.8 Å². The van der Waals surface area contributed by atoms with Gasteiger partial charge in [0.15, 0.2) is 5.75 Å². The minimum atomic E-state index is -1.29. The Morgan fingerprint density at radius 1 is 1.10 bits per heavy atom. The first-order chi connectivity index (χ1) is 23.9. The normalized spacial score (nSPS) is 26.4. The molecule has 2 aliphatic heterocycles. The number of carbonyl (C=O) groups is 4. The van der Waals surface area contributed by atoms with Crippen molar-refractivity contribution in [2.45, 2.75) is 95.0 Å². The Morgan fingerprint density at radius 2 is 1.90 bits per heavy atom. The number of hydroxylamine groups is 1. The molecule has 1 saturated heterocycles. The van der Waals surface area contributed by atoms with E-state index in [1.54, 1.807) is 51.1 Å². The number of aromatic nitrogens is 1. The summed E-state index contributed by atoms with van der Waals surface area (Å²) in [6.07, 6.45) is 6.42. The molecule has 266 valence electrons. The molecule has 1 aromatic heterocycles. The predicted octanol–water partition coefficient (Wildman–Crippen LogP) is 5.18. The molecule has 50 heavy (non-hydrogen) atoms. The van der Waals surface area contributed by atoms with Crippen molar-refractivity contribution in [3.05, 3.63) is 66.5 Å². The number of allylic oxidation sites excluding steroid dienone is 1. The Hall–Kier alpha value is -4.72. The van der Waals surface area contributed by atoms with Crippen LogP contribution in [0.3, 0.4) is 0 Å². The summed E-state index contributed by atoms with van der Waals surface area (Å²) < 4.78 is 26.1. The van der Waals surface area contributed by atoms with Crippen molar-refractivity contribution in [1.82, 2.24) is 26.0 Å². The average Bonchev–Trinajstić information content (AvgIpc) is 3.37. The van der Waals surface area contributed by atoms with Crippen LogP contribution in [0.15, 0.2) is 60.7 Å². The highest BCUT2D eigenvalue weighted by Crippen LogP contribution is 2.45. The molecular formula is C36H42FN5O7S. The molecule has 1 saturated carbocycles. The first-order valence-corrected chi connectivity index (χ1v) is 17.8. The second kappa shape index (κ2) is 14.6. The van der Waals surface area contributed by atoms with Crippen LogP contribution in [0.1, 0.15) is 65.7 Å². The molecule has 6 rings (SSSR count). The first-order valence-electron chi connectivity index (χ1n) is 16.9. The number of benzene rings is 2. The summed E-state index contributed by atoms with van der Waals surface area (Å²) in [6, 6.07) is 11.0. The molecule has 0 bridgehead atoms. The van der Waals surface area contributed by atoms with E-state index in [1.807, 2.05) is 18.2 Å². The molecule has 0 radical (unpaired) electrons. The lowest BCUT2D eigenvalue weighted by molar-refractivity contribution is -0.142. The second-order valence-corrected chi connectivity index (χ2v) is 14.9. The van der Waals surface area contributed by atoms with E-state index < -0.39 is 59.0 Å². The monoisotopic (exact) mass is 707 g/mol. The number of fused-ring (bicyclic) bond motifs is 3. The summed E-state index contributed by atoms with van der Waals surface area (Å²) >= 11 is 1.16. The van der Waals surface area contributed by atoms with Gasteiger partial charge >= 0.3 is 6.09 Å².